The zero-order valence-electron chi connectivity index (χ0n) is 11.8. The maximum Gasteiger partial charge on any atom is 0.187 e. The molecule has 0 saturated carbocycles. The molecule has 10 heteroatoms. The zero-order chi connectivity index (χ0) is 17.0. The van der Waals surface area contributed by atoms with Crippen molar-refractivity contribution in [3.05, 3.63) is 0 Å². The summed E-state index contributed by atoms with van der Waals surface area (Å²) in [6.07, 6.45) is -14.4. The zero-order valence-corrected chi connectivity index (χ0v) is 11.8. The van der Waals surface area contributed by atoms with Crippen molar-refractivity contribution < 1.29 is 50.0 Å². The highest BCUT2D eigenvalue weighted by Gasteiger charge is 2.45. The van der Waals surface area contributed by atoms with Crippen LogP contribution < -0.4 is 0 Å². The van der Waals surface area contributed by atoms with Gasteiger partial charge in [-0.15, -0.1) is 0 Å². The standard InChI is InChI=1S/C12H22O10/c1-4-7(17)9(19)10(20)12(21-4)22-11(6(16)3-14)8(18)5(15)2-13/h2,4-12,14-20H,3H2,1H3/t4-,5-,6+,7+,8+,9+,10-,11-,12-/m0/s1. The third-order valence-corrected chi connectivity index (χ3v) is 3.49. The molecule has 1 aliphatic rings. The molecule has 0 amide bonds. The second-order valence-electron chi connectivity index (χ2n) is 5.15. The highest BCUT2D eigenvalue weighted by Crippen LogP contribution is 2.24. The smallest absolute Gasteiger partial charge is 0.187 e. The molecule has 0 aromatic carbocycles. The van der Waals surface area contributed by atoms with Crippen LogP contribution in [0.2, 0.25) is 0 Å². The average molecular weight is 326 g/mol. The quantitative estimate of drug-likeness (QED) is 0.225. The molecule has 0 radical (unpaired) electrons. The fourth-order valence-corrected chi connectivity index (χ4v) is 2.06. The van der Waals surface area contributed by atoms with E-state index in [1.807, 2.05) is 0 Å². The maximum atomic E-state index is 10.5. The molecule has 1 heterocycles. The van der Waals surface area contributed by atoms with Crippen molar-refractivity contribution in [1.29, 1.82) is 0 Å². The lowest BCUT2D eigenvalue weighted by Crippen LogP contribution is -2.60. The van der Waals surface area contributed by atoms with Crippen molar-refractivity contribution in [2.75, 3.05) is 6.61 Å². The lowest BCUT2D eigenvalue weighted by Gasteiger charge is -2.41. The Balaban J connectivity index is 2.87. The Hall–Kier alpha value is -0.690. The van der Waals surface area contributed by atoms with Gasteiger partial charge in [0.15, 0.2) is 12.6 Å². The summed E-state index contributed by atoms with van der Waals surface area (Å²) in [5.74, 6) is 0. The van der Waals surface area contributed by atoms with Gasteiger partial charge in [0.25, 0.3) is 0 Å². The van der Waals surface area contributed by atoms with E-state index in [0.717, 1.165) is 0 Å². The minimum absolute atomic E-state index is 0.00447. The van der Waals surface area contributed by atoms with Gasteiger partial charge in [-0.25, -0.2) is 0 Å². The summed E-state index contributed by atoms with van der Waals surface area (Å²) in [4.78, 5) is 10.5. The van der Waals surface area contributed by atoms with Crippen LogP contribution in [0.25, 0.3) is 0 Å². The third kappa shape index (κ3) is 4.19. The minimum Gasteiger partial charge on any atom is -0.394 e. The van der Waals surface area contributed by atoms with Gasteiger partial charge in [-0.1, -0.05) is 0 Å². The first-order chi connectivity index (χ1) is 10.2. The monoisotopic (exact) mass is 326 g/mol. The predicted molar refractivity (Wildman–Crippen MR) is 68.4 cm³/mol. The first kappa shape index (κ1) is 19.4. The number of aliphatic hydroxyl groups is 7. The number of aldehydes is 1. The number of carbonyl (C=O) groups is 1. The van der Waals surface area contributed by atoms with Crippen molar-refractivity contribution in [2.24, 2.45) is 0 Å². The van der Waals surface area contributed by atoms with Crippen LogP contribution in [0.1, 0.15) is 6.92 Å². The summed E-state index contributed by atoms with van der Waals surface area (Å²) < 4.78 is 10.2. The number of ether oxygens (including phenoxy) is 2. The lowest BCUT2D eigenvalue weighted by molar-refractivity contribution is -0.320. The van der Waals surface area contributed by atoms with Gasteiger partial charge in [-0.05, 0) is 6.92 Å². The number of carbonyl (C=O) groups excluding carboxylic acids is 1. The van der Waals surface area contributed by atoms with Crippen LogP contribution in [0.5, 0.6) is 0 Å². The predicted octanol–water partition coefficient (Wildman–Crippen LogP) is -4.53. The van der Waals surface area contributed by atoms with Gasteiger partial charge in [-0.3, -0.25) is 0 Å². The van der Waals surface area contributed by atoms with Crippen LogP contribution in [0.15, 0.2) is 0 Å². The SMILES string of the molecule is C[C@@H]1O[C@@H](O[C@H]([C@H](O)[C@@H](O)C=O)[C@H](O)CO)[C@@H](O)[C@H](O)[C@@H]1O. The largest absolute Gasteiger partial charge is 0.394 e. The summed E-state index contributed by atoms with van der Waals surface area (Å²) in [6.45, 7) is 0.529. The van der Waals surface area contributed by atoms with Gasteiger partial charge >= 0.3 is 0 Å². The van der Waals surface area contributed by atoms with Crippen LogP contribution in [0.3, 0.4) is 0 Å². The second kappa shape index (κ2) is 8.24. The average Bonchev–Trinajstić information content (AvgIpc) is 2.52. The first-order valence-electron chi connectivity index (χ1n) is 6.70. The van der Waals surface area contributed by atoms with E-state index in [9.17, 15) is 35.4 Å². The van der Waals surface area contributed by atoms with Gasteiger partial charge in [-0.2, -0.15) is 0 Å². The molecular weight excluding hydrogens is 304 g/mol. The lowest BCUT2D eigenvalue weighted by atomic mass is 9.99. The number of hydrogen-bond acceptors (Lipinski definition) is 10. The molecular formula is C12H22O10. The Bertz CT molecular complexity index is 353. The molecule has 0 unspecified atom stereocenters. The molecule has 9 atom stereocenters. The topological polar surface area (TPSA) is 177 Å². The van der Waals surface area contributed by atoms with E-state index in [1.54, 1.807) is 0 Å². The van der Waals surface area contributed by atoms with Crippen LogP contribution in [-0.4, -0.2) is 104 Å². The molecule has 1 rings (SSSR count). The van der Waals surface area contributed by atoms with Crippen molar-refractivity contribution in [3.8, 4) is 0 Å². The molecule has 1 saturated heterocycles. The summed E-state index contributed by atoms with van der Waals surface area (Å²) in [5, 5.41) is 66.6. The third-order valence-electron chi connectivity index (χ3n) is 3.49. The molecule has 22 heavy (non-hydrogen) atoms. The Morgan fingerprint density at radius 3 is 2.23 bits per heavy atom. The minimum atomic E-state index is -1.91. The number of aliphatic hydroxyl groups excluding tert-OH is 7. The second-order valence-corrected chi connectivity index (χ2v) is 5.15. The van der Waals surface area contributed by atoms with Crippen LogP contribution >= 0.6 is 0 Å². The molecule has 0 aliphatic carbocycles. The van der Waals surface area contributed by atoms with Crippen LogP contribution in [0, 0.1) is 0 Å². The number of hydrogen-bond donors (Lipinski definition) is 7. The van der Waals surface area contributed by atoms with E-state index in [0.29, 0.717) is 0 Å². The maximum absolute atomic E-state index is 10.5. The molecule has 0 aromatic heterocycles. The van der Waals surface area contributed by atoms with E-state index >= 15 is 0 Å². The summed E-state index contributed by atoms with van der Waals surface area (Å²) in [7, 11) is 0. The molecule has 1 fully saturated rings. The van der Waals surface area contributed by atoms with Crippen molar-refractivity contribution in [1.82, 2.24) is 0 Å². The first-order valence-corrected chi connectivity index (χ1v) is 6.70. The van der Waals surface area contributed by atoms with Gasteiger partial charge in [0.05, 0.1) is 12.7 Å². The highest BCUT2D eigenvalue weighted by molar-refractivity contribution is 5.56. The molecule has 1 aliphatic heterocycles. The molecule has 0 bridgehead atoms. The van der Waals surface area contributed by atoms with Gasteiger partial charge < -0.3 is 50.0 Å². The molecule has 10 nitrogen and oxygen atoms in total. The van der Waals surface area contributed by atoms with Gasteiger partial charge in [0.2, 0.25) is 0 Å². The van der Waals surface area contributed by atoms with Gasteiger partial charge in [0, 0.05) is 0 Å². The Morgan fingerprint density at radius 2 is 1.73 bits per heavy atom. The van der Waals surface area contributed by atoms with Gasteiger partial charge in [0.1, 0.15) is 42.7 Å². The summed E-state index contributed by atoms with van der Waals surface area (Å²) >= 11 is 0. The van der Waals surface area contributed by atoms with Crippen molar-refractivity contribution in [3.63, 3.8) is 0 Å². The fraction of sp³-hybridized carbons (Fsp3) is 0.917. The normalized spacial score (nSPS) is 38.1. The van der Waals surface area contributed by atoms with E-state index in [4.69, 9.17) is 14.6 Å². The number of rotatable bonds is 7. The van der Waals surface area contributed by atoms with Crippen molar-refractivity contribution in [2.45, 2.75) is 62.0 Å². The van der Waals surface area contributed by atoms with Crippen LogP contribution in [-0.2, 0) is 14.3 Å². The molecule has 0 aromatic rings. The molecule has 0 spiro atoms. The Labute approximate surface area is 126 Å². The summed E-state index contributed by atoms with van der Waals surface area (Å²) in [5.41, 5.74) is 0. The Morgan fingerprint density at radius 1 is 1.14 bits per heavy atom. The van der Waals surface area contributed by atoms with E-state index in [-0.39, 0.29) is 6.29 Å². The molecule has 7 N–H and O–H groups in total. The van der Waals surface area contributed by atoms with Crippen LogP contribution in [0.4, 0.5) is 0 Å². The summed E-state index contributed by atoms with van der Waals surface area (Å²) in [6, 6.07) is 0. The highest BCUT2D eigenvalue weighted by atomic mass is 16.7. The fourth-order valence-electron chi connectivity index (χ4n) is 2.06. The van der Waals surface area contributed by atoms with E-state index < -0.39 is 61.7 Å². The van der Waals surface area contributed by atoms with E-state index in [1.165, 1.54) is 6.92 Å². The Kier molecular flexibility index (Phi) is 7.25. The molecule has 130 valence electrons. The van der Waals surface area contributed by atoms with Crippen molar-refractivity contribution >= 4 is 6.29 Å². The van der Waals surface area contributed by atoms with E-state index in [2.05, 4.69) is 0 Å².